The van der Waals surface area contributed by atoms with E-state index in [4.69, 9.17) is 4.74 Å². The van der Waals surface area contributed by atoms with Crippen molar-refractivity contribution < 1.29 is 18.3 Å². The van der Waals surface area contributed by atoms with Crippen molar-refractivity contribution in [2.75, 3.05) is 19.5 Å². The van der Waals surface area contributed by atoms with E-state index in [0.717, 1.165) is 28.2 Å². The summed E-state index contributed by atoms with van der Waals surface area (Å²) in [7, 11) is -3.16. The second-order valence-electron chi connectivity index (χ2n) is 7.10. The topological polar surface area (TPSA) is 63.6 Å². The fourth-order valence-corrected chi connectivity index (χ4v) is 4.69. The Morgan fingerprint density at radius 3 is 2.13 bits per heavy atom. The molecule has 0 fully saturated rings. The molecule has 158 valence electrons. The van der Waals surface area contributed by atoms with Crippen LogP contribution in [0.3, 0.4) is 0 Å². The molecule has 0 bridgehead atoms. The summed E-state index contributed by atoms with van der Waals surface area (Å²) in [6, 6.07) is 25.0. The third-order valence-electron chi connectivity index (χ3n) is 4.65. The molecule has 0 aromatic heterocycles. The molecule has 0 saturated carbocycles. The first-order valence-electron chi connectivity index (χ1n) is 9.77. The van der Waals surface area contributed by atoms with Gasteiger partial charge < -0.3 is 9.84 Å². The van der Waals surface area contributed by atoms with Crippen LogP contribution >= 0.6 is 11.8 Å². The summed E-state index contributed by atoms with van der Waals surface area (Å²) in [4.78, 5) is 1.48. The Labute approximate surface area is 182 Å². The lowest BCUT2D eigenvalue weighted by molar-refractivity contribution is 0.294. The molecule has 30 heavy (non-hydrogen) atoms. The highest BCUT2D eigenvalue weighted by molar-refractivity contribution is 8.00. The lowest BCUT2D eigenvalue weighted by atomic mass is 10.1. The minimum Gasteiger partial charge on any atom is -0.493 e. The third-order valence-corrected chi connectivity index (χ3v) is 6.97. The lowest BCUT2D eigenvalue weighted by Gasteiger charge is -2.14. The zero-order valence-corrected chi connectivity index (χ0v) is 18.5. The molecule has 6 heteroatoms. The van der Waals surface area contributed by atoms with E-state index in [1.165, 1.54) is 6.26 Å². The van der Waals surface area contributed by atoms with Gasteiger partial charge in [-0.3, -0.25) is 0 Å². The Kier molecular flexibility index (Phi) is 7.96. The minimum atomic E-state index is -3.16. The van der Waals surface area contributed by atoms with Crippen LogP contribution in [0.4, 0.5) is 0 Å². The molecule has 0 amide bonds. The van der Waals surface area contributed by atoms with Crippen LogP contribution in [0.25, 0.3) is 0 Å². The van der Waals surface area contributed by atoms with E-state index in [1.54, 1.807) is 23.9 Å². The molecule has 1 N–H and O–H groups in total. The van der Waals surface area contributed by atoms with Gasteiger partial charge in [0.2, 0.25) is 0 Å². The molecule has 1 unspecified atom stereocenters. The molecule has 3 rings (SSSR count). The summed E-state index contributed by atoms with van der Waals surface area (Å²) in [5, 5.41) is 9.82. The molecular formula is C24H26O4S2. The van der Waals surface area contributed by atoms with Gasteiger partial charge in [-0.05, 0) is 53.9 Å². The molecule has 0 aliphatic carbocycles. The van der Waals surface area contributed by atoms with Crippen molar-refractivity contribution >= 4 is 21.6 Å². The van der Waals surface area contributed by atoms with Crippen LogP contribution < -0.4 is 4.74 Å². The minimum absolute atomic E-state index is 0.106. The van der Waals surface area contributed by atoms with Crippen LogP contribution in [0.2, 0.25) is 0 Å². The Morgan fingerprint density at radius 1 is 0.900 bits per heavy atom. The average Bonchev–Trinajstić information content (AvgIpc) is 2.75. The maximum absolute atomic E-state index is 11.5. The van der Waals surface area contributed by atoms with Gasteiger partial charge in [-0.1, -0.05) is 42.5 Å². The average molecular weight is 443 g/mol. The van der Waals surface area contributed by atoms with E-state index in [9.17, 15) is 13.5 Å². The smallest absolute Gasteiger partial charge is 0.175 e. The number of sulfone groups is 1. The number of hydrogen-bond acceptors (Lipinski definition) is 5. The molecule has 0 saturated heterocycles. The highest BCUT2D eigenvalue weighted by atomic mass is 32.2. The monoisotopic (exact) mass is 442 g/mol. The number of aliphatic hydroxyl groups excluding tert-OH is 1. The maximum Gasteiger partial charge on any atom is 0.175 e. The van der Waals surface area contributed by atoms with E-state index >= 15 is 0 Å². The van der Waals surface area contributed by atoms with Gasteiger partial charge in [0.1, 0.15) is 5.75 Å². The Balaban J connectivity index is 1.48. The van der Waals surface area contributed by atoms with Gasteiger partial charge in [0.05, 0.1) is 18.1 Å². The number of hydrogen-bond donors (Lipinski definition) is 1. The van der Waals surface area contributed by atoms with Gasteiger partial charge in [0, 0.05) is 22.8 Å². The second-order valence-corrected chi connectivity index (χ2v) is 10.5. The molecule has 0 spiro atoms. The van der Waals surface area contributed by atoms with Gasteiger partial charge in [-0.2, -0.15) is 0 Å². The molecule has 1 atom stereocenters. The van der Waals surface area contributed by atoms with Gasteiger partial charge in [-0.25, -0.2) is 8.42 Å². The quantitative estimate of drug-likeness (QED) is 0.471. The zero-order valence-electron chi connectivity index (χ0n) is 16.9. The Bertz CT molecular complexity index is 1020. The van der Waals surface area contributed by atoms with Gasteiger partial charge in [-0.15, -0.1) is 11.8 Å². The van der Waals surface area contributed by atoms with Crippen LogP contribution in [0.5, 0.6) is 5.75 Å². The highest BCUT2D eigenvalue weighted by Crippen LogP contribution is 2.26. The van der Waals surface area contributed by atoms with Crippen molar-refractivity contribution in [3.63, 3.8) is 0 Å². The van der Waals surface area contributed by atoms with Gasteiger partial charge >= 0.3 is 0 Å². The molecule has 3 aromatic rings. The number of benzene rings is 3. The standard InChI is InChI=1S/C24H26O4S2/c1-30(26,27)24-13-9-19(10-14-24)15-16-28-21-11-7-20(8-12-21)17-23(18-25)29-22-5-3-2-4-6-22/h2-14,23,25H,15-18H2,1H3. The van der Waals surface area contributed by atoms with E-state index < -0.39 is 9.84 Å². The molecule has 0 aliphatic rings. The Morgan fingerprint density at radius 2 is 1.53 bits per heavy atom. The third kappa shape index (κ3) is 6.90. The predicted molar refractivity (Wildman–Crippen MR) is 122 cm³/mol. The van der Waals surface area contributed by atoms with Crippen molar-refractivity contribution in [2.45, 2.75) is 27.9 Å². The molecule has 0 heterocycles. The van der Waals surface area contributed by atoms with E-state index in [0.29, 0.717) is 17.9 Å². The van der Waals surface area contributed by atoms with Crippen molar-refractivity contribution in [1.82, 2.24) is 0 Å². The van der Waals surface area contributed by atoms with Crippen molar-refractivity contribution in [1.29, 1.82) is 0 Å². The van der Waals surface area contributed by atoms with E-state index in [1.807, 2.05) is 54.6 Å². The van der Waals surface area contributed by atoms with Crippen LogP contribution in [0, 0.1) is 0 Å². The van der Waals surface area contributed by atoms with Gasteiger partial charge in [0.15, 0.2) is 9.84 Å². The Hall–Kier alpha value is -2.28. The number of rotatable bonds is 10. The van der Waals surface area contributed by atoms with E-state index in [-0.39, 0.29) is 11.9 Å². The zero-order chi connectivity index (χ0) is 21.4. The van der Waals surface area contributed by atoms with Crippen LogP contribution in [-0.4, -0.2) is 38.2 Å². The number of ether oxygens (including phenoxy) is 1. The summed E-state index contributed by atoms with van der Waals surface area (Å²) in [6.45, 7) is 0.636. The first kappa shape index (κ1) is 22.4. The first-order chi connectivity index (χ1) is 14.4. The fraction of sp³-hybridized carbons (Fsp3) is 0.250. The highest BCUT2D eigenvalue weighted by Gasteiger charge is 2.11. The molecule has 3 aromatic carbocycles. The van der Waals surface area contributed by atoms with Crippen LogP contribution in [-0.2, 0) is 22.7 Å². The summed E-state index contributed by atoms with van der Waals surface area (Å²) in [6.07, 6.45) is 2.69. The van der Waals surface area contributed by atoms with Crippen LogP contribution in [0.15, 0.2) is 88.7 Å². The molecule has 0 radical (unpaired) electrons. The number of aliphatic hydroxyl groups is 1. The van der Waals surface area contributed by atoms with Crippen molar-refractivity contribution in [2.24, 2.45) is 0 Å². The summed E-state index contributed by atoms with van der Waals surface area (Å²) in [5.74, 6) is 0.794. The first-order valence-corrected chi connectivity index (χ1v) is 12.5. The molecule has 0 aliphatic heterocycles. The predicted octanol–water partition coefficient (Wildman–Crippen LogP) is 4.41. The second kappa shape index (κ2) is 10.7. The van der Waals surface area contributed by atoms with Gasteiger partial charge in [0.25, 0.3) is 0 Å². The number of thioether (sulfide) groups is 1. The summed E-state index contributed by atoms with van der Waals surface area (Å²) < 4.78 is 28.8. The SMILES string of the molecule is CS(=O)(=O)c1ccc(CCOc2ccc(CC(CO)Sc3ccccc3)cc2)cc1. The van der Waals surface area contributed by atoms with E-state index in [2.05, 4.69) is 12.1 Å². The lowest BCUT2D eigenvalue weighted by Crippen LogP contribution is -2.12. The fourth-order valence-electron chi connectivity index (χ4n) is 3.01. The normalized spacial score (nSPS) is 12.5. The largest absolute Gasteiger partial charge is 0.493 e. The molecule has 4 nitrogen and oxygen atoms in total. The maximum atomic E-state index is 11.5. The molecular weight excluding hydrogens is 416 g/mol. The van der Waals surface area contributed by atoms with Crippen molar-refractivity contribution in [3.8, 4) is 5.75 Å². The van der Waals surface area contributed by atoms with Crippen molar-refractivity contribution in [3.05, 3.63) is 90.0 Å². The van der Waals surface area contributed by atoms with Crippen LogP contribution in [0.1, 0.15) is 11.1 Å². The summed E-state index contributed by atoms with van der Waals surface area (Å²) in [5.41, 5.74) is 2.18. The summed E-state index contributed by atoms with van der Waals surface area (Å²) >= 11 is 1.68.